The van der Waals surface area contributed by atoms with Crippen LogP contribution in [0.1, 0.15) is 27.9 Å². The summed E-state index contributed by atoms with van der Waals surface area (Å²) in [7, 11) is 1.32. The number of hydrogen-bond acceptors (Lipinski definition) is 6. The average molecular weight is 493 g/mol. The first-order valence-corrected chi connectivity index (χ1v) is 11.2. The van der Waals surface area contributed by atoms with Crippen LogP contribution in [0.4, 0.5) is 20.4 Å². The molecule has 1 N–H and O–H groups in total. The van der Waals surface area contributed by atoms with E-state index < -0.39 is 18.0 Å². The number of nitrogens with zero attached hydrogens (tertiary/aromatic N) is 3. The van der Waals surface area contributed by atoms with Crippen molar-refractivity contribution >= 4 is 34.9 Å². The summed E-state index contributed by atoms with van der Waals surface area (Å²) >= 11 is 6.28. The summed E-state index contributed by atoms with van der Waals surface area (Å²) in [5.41, 5.74) is 4.24. The molecule has 9 heteroatoms. The number of carbonyl (C=O) groups is 1. The topological polar surface area (TPSA) is 76.5 Å². The molecule has 0 saturated heterocycles. The molecule has 0 spiro atoms. The Morgan fingerprint density at radius 2 is 1.97 bits per heavy atom. The van der Waals surface area contributed by atoms with Gasteiger partial charge in [0, 0.05) is 45.6 Å². The van der Waals surface area contributed by atoms with Gasteiger partial charge in [-0.05, 0) is 48.6 Å². The molecular formula is C26H19ClF2N4O2. The van der Waals surface area contributed by atoms with Crippen LogP contribution in [-0.4, -0.2) is 34.9 Å². The number of methoxy groups -OCH3 is 1. The maximum Gasteiger partial charge on any atom is 0.337 e. The van der Waals surface area contributed by atoms with Gasteiger partial charge in [-0.25, -0.2) is 23.5 Å². The Labute approximate surface area is 205 Å². The summed E-state index contributed by atoms with van der Waals surface area (Å²) < 4.78 is 33.5. The smallest absolute Gasteiger partial charge is 0.337 e. The van der Waals surface area contributed by atoms with Crippen LogP contribution in [0.2, 0.25) is 5.02 Å². The summed E-state index contributed by atoms with van der Waals surface area (Å²) in [5.74, 6) is -0.595. The van der Waals surface area contributed by atoms with Crippen molar-refractivity contribution < 1.29 is 18.3 Å². The minimum Gasteiger partial charge on any atom is -0.465 e. The van der Waals surface area contributed by atoms with Crippen molar-refractivity contribution in [3.8, 4) is 11.3 Å². The number of ether oxygens (including phenoxy) is 1. The highest BCUT2D eigenvalue weighted by Gasteiger charge is 2.28. The van der Waals surface area contributed by atoms with Crippen molar-refractivity contribution in [2.24, 2.45) is 4.99 Å². The van der Waals surface area contributed by atoms with E-state index in [9.17, 15) is 13.6 Å². The molecule has 1 unspecified atom stereocenters. The van der Waals surface area contributed by atoms with Crippen molar-refractivity contribution in [2.75, 3.05) is 12.4 Å². The van der Waals surface area contributed by atoms with Gasteiger partial charge in [0.25, 0.3) is 0 Å². The Hall–Kier alpha value is -3.91. The van der Waals surface area contributed by atoms with Gasteiger partial charge in [-0.3, -0.25) is 4.99 Å². The highest BCUT2D eigenvalue weighted by Crippen LogP contribution is 2.36. The van der Waals surface area contributed by atoms with Crippen molar-refractivity contribution in [3.63, 3.8) is 0 Å². The van der Waals surface area contributed by atoms with Crippen LogP contribution in [-0.2, 0) is 11.3 Å². The van der Waals surface area contributed by atoms with Crippen LogP contribution < -0.4 is 5.32 Å². The van der Waals surface area contributed by atoms with Crippen LogP contribution in [0.3, 0.4) is 0 Å². The monoisotopic (exact) mass is 492 g/mol. The number of aromatic nitrogens is 2. The van der Waals surface area contributed by atoms with E-state index in [1.165, 1.54) is 19.3 Å². The quantitative estimate of drug-likeness (QED) is 0.442. The van der Waals surface area contributed by atoms with E-state index in [2.05, 4.69) is 15.3 Å². The summed E-state index contributed by atoms with van der Waals surface area (Å²) in [4.78, 5) is 25.4. The zero-order chi connectivity index (χ0) is 24.5. The number of hydrogen-bond donors (Lipinski definition) is 1. The van der Waals surface area contributed by atoms with Gasteiger partial charge in [-0.15, -0.1) is 0 Å². The lowest BCUT2D eigenvalue weighted by molar-refractivity contribution is 0.0600. The maximum absolute atomic E-state index is 14.8. The summed E-state index contributed by atoms with van der Waals surface area (Å²) in [6, 6.07) is 11.9. The molecule has 0 saturated carbocycles. The third-order valence-corrected chi connectivity index (χ3v) is 5.99. The average Bonchev–Trinajstić information content (AvgIpc) is 3.02. The first kappa shape index (κ1) is 22.9. The summed E-state index contributed by atoms with van der Waals surface area (Å²) in [6.07, 6.45) is 2.63. The third-order valence-electron chi connectivity index (χ3n) is 5.75. The normalized spacial score (nSPS) is 16.7. The van der Waals surface area contributed by atoms with Crippen molar-refractivity contribution in [1.82, 2.24) is 9.97 Å². The van der Waals surface area contributed by atoms with Gasteiger partial charge in [0.2, 0.25) is 5.95 Å². The van der Waals surface area contributed by atoms with E-state index in [0.717, 1.165) is 5.56 Å². The Balaban J connectivity index is 1.53. The largest absolute Gasteiger partial charge is 0.465 e. The number of benzene rings is 2. The van der Waals surface area contributed by atoms with E-state index >= 15 is 0 Å². The van der Waals surface area contributed by atoms with E-state index in [4.69, 9.17) is 21.3 Å². The molecule has 3 aromatic rings. The molecule has 2 aromatic carbocycles. The lowest BCUT2D eigenvalue weighted by atomic mass is 9.90. The van der Waals surface area contributed by atoms with Crippen LogP contribution >= 0.6 is 11.6 Å². The lowest BCUT2D eigenvalue weighted by Gasteiger charge is -2.18. The highest BCUT2D eigenvalue weighted by atomic mass is 35.5. The number of rotatable bonds is 4. The molecule has 2 heterocycles. The zero-order valence-corrected chi connectivity index (χ0v) is 19.3. The van der Waals surface area contributed by atoms with Gasteiger partial charge in [-0.1, -0.05) is 17.7 Å². The highest BCUT2D eigenvalue weighted by molar-refractivity contribution is 6.31. The molecule has 1 aromatic heterocycles. The fraction of sp³-hybridized carbons (Fsp3) is 0.154. The predicted octanol–water partition coefficient (Wildman–Crippen LogP) is 6.15. The maximum atomic E-state index is 14.8. The second-order valence-corrected chi connectivity index (χ2v) is 8.44. The molecule has 1 atom stereocenters. The van der Waals surface area contributed by atoms with Gasteiger partial charge >= 0.3 is 5.97 Å². The third kappa shape index (κ3) is 4.57. The first-order chi connectivity index (χ1) is 16.9. The molecule has 0 fully saturated rings. The second-order valence-electron chi connectivity index (χ2n) is 8.01. The molecular weight excluding hydrogens is 474 g/mol. The van der Waals surface area contributed by atoms with Gasteiger partial charge in [0.1, 0.15) is 12.0 Å². The van der Waals surface area contributed by atoms with Crippen LogP contribution in [0.25, 0.3) is 11.3 Å². The molecule has 6 nitrogen and oxygen atoms in total. The second kappa shape index (κ2) is 9.38. The van der Waals surface area contributed by atoms with E-state index in [0.29, 0.717) is 44.8 Å². The van der Waals surface area contributed by atoms with Crippen molar-refractivity contribution in [1.29, 1.82) is 0 Å². The van der Waals surface area contributed by atoms with Crippen LogP contribution in [0, 0.1) is 0 Å². The van der Waals surface area contributed by atoms with Gasteiger partial charge < -0.3 is 10.1 Å². The number of nitrogens with one attached hydrogen (secondary N) is 1. The van der Waals surface area contributed by atoms with Crippen molar-refractivity contribution in [3.05, 3.63) is 93.9 Å². The molecule has 0 bridgehead atoms. The number of anilines is 2. The SMILES string of the molecule is COC(=O)c1ccc(Nc2ncc3c(n2)-c2ccc(Cl)cc2C(C2=CC(F)=CCC2F)=NC3)cc1. The number of fused-ring (bicyclic) bond motifs is 3. The molecule has 1 aliphatic heterocycles. The van der Waals surface area contributed by atoms with E-state index in [1.54, 1.807) is 48.7 Å². The molecule has 2 aliphatic rings. The van der Waals surface area contributed by atoms with Crippen LogP contribution in [0.5, 0.6) is 0 Å². The Morgan fingerprint density at radius 3 is 2.74 bits per heavy atom. The van der Waals surface area contributed by atoms with Crippen LogP contribution in [0.15, 0.2) is 77.2 Å². The Morgan fingerprint density at radius 1 is 1.17 bits per heavy atom. The number of allylic oxidation sites excluding steroid dienone is 4. The summed E-state index contributed by atoms with van der Waals surface area (Å²) in [6.45, 7) is 0.195. The fourth-order valence-corrected chi connectivity index (χ4v) is 4.20. The number of alkyl halides is 1. The molecule has 0 radical (unpaired) electrons. The van der Waals surface area contributed by atoms with E-state index in [-0.39, 0.29) is 18.5 Å². The predicted molar refractivity (Wildman–Crippen MR) is 131 cm³/mol. The standard InChI is InChI=1S/C26H19ClF2N4O2/c1-35-25(34)14-2-6-18(7-3-14)32-26-31-13-15-12-30-24(21-11-17(28)5-9-22(21)29)20-10-16(27)4-8-19(20)23(15)33-26/h2-8,10-11,13,22H,9,12H2,1H3,(H,31,32,33). The number of aliphatic imine (C=N–C) groups is 1. The van der Waals surface area contributed by atoms with Gasteiger partial charge in [0.05, 0.1) is 30.6 Å². The molecule has 176 valence electrons. The lowest BCUT2D eigenvalue weighted by Crippen LogP contribution is -2.18. The number of esters is 1. The fourth-order valence-electron chi connectivity index (χ4n) is 4.03. The number of carbonyl (C=O) groups excluding carboxylic acids is 1. The Bertz CT molecular complexity index is 1420. The summed E-state index contributed by atoms with van der Waals surface area (Å²) in [5, 5.41) is 3.57. The van der Waals surface area contributed by atoms with Crippen molar-refractivity contribution in [2.45, 2.75) is 19.1 Å². The number of halogens is 3. The molecule has 0 amide bonds. The minimum atomic E-state index is -1.38. The Kier molecular flexibility index (Phi) is 6.13. The van der Waals surface area contributed by atoms with E-state index in [1.807, 2.05) is 0 Å². The molecule has 1 aliphatic carbocycles. The first-order valence-electron chi connectivity index (χ1n) is 10.8. The molecule has 5 rings (SSSR count). The zero-order valence-electron chi connectivity index (χ0n) is 18.6. The van der Waals surface area contributed by atoms with Gasteiger partial charge in [0.15, 0.2) is 0 Å². The van der Waals surface area contributed by atoms with Gasteiger partial charge in [-0.2, -0.15) is 0 Å². The molecule has 35 heavy (non-hydrogen) atoms. The minimum absolute atomic E-state index is 0.0534.